The first-order valence-corrected chi connectivity index (χ1v) is 6.68. The number of pyridine rings is 1. The van der Waals surface area contributed by atoms with Crippen LogP contribution in [0.1, 0.15) is 31.0 Å². The van der Waals surface area contributed by atoms with E-state index in [0.717, 1.165) is 12.0 Å². The molecule has 21 heavy (non-hydrogen) atoms. The molecule has 0 unspecified atom stereocenters. The summed E-state index contributed by atoms with van der Waals surface area (Å²) in [7, 11) is 0. The molecular weight excluding hydrogens is 270 g/mol. The van der Waals surface area contributed by atoms with E-state index in [0.29, 0.717) is 11.4 Å². The molecule has 6 heteroatoms. The molecular formula is C15H17N3O3. The second-order valence-corrected chi connectivity index (χ2v) is 4.70. The Morgan fingerprint density at radius 3 is 2.81 bits per heavy atom. The highest BCUT2D eigenvalue weighted by molar-refractivity contribution is 5.50. The van der Waals surface area contributed by atoms with Crippen LogP contribution in [0, 0.1) is 10.1 Å². The van der Waals surface area contributed by atoms with Gasteiger partial charge < -0.3 is 10.5 Å². The largest absolute Gasteiger partial charge is 0.431 e. The molecule has 0 saturated carbocycles. The maximum absolute atomic E-state index is 11.2. The van der Waals surface area contributed by atoms with Crippen molar-refractivity contribution in [2.75, 3.05) is 0 Å². The third-order valence-corrected chi connectivity index (χ3v) is 3.13. The van der Waals surface area contributed by atoms with Crippen LogP contribution in [0.5, 0.6) is 11.6 Å². The van der Waals surface area contributed by atoms with Crippen molar-refractivity contribution in [1.82, 2.24) is 4.98 Å². The first-order valence-electron chi connectivity index (χ1n) is 6.68. The summed E-state index contributed by atoms with van der Waals surface area (Å²) in [6.45, 7) is 3.74. The fourth-order valence-electron chi connectivity index (χ4n) is 1.95. The van der Waals surface area contributed by atoms with Crippen LogP contribution in [-0.2, 0) is 6.42 Å². The van der Waals surface area contributed by atoms with Gasteiger partial charge in [-0.15, -0.1) is 0 Å². The molecule has 0 amide bonds. The number of aryl methyl sites for hydroxylation is 1. The van der Waals surface area contributed by atoms with E-state index in [1.165, 1.54) is 6.07 Å². The molecule has 1 aromatic carbocycles. The lowest BCUT2D eigenvalue weighted by Gasteiger charge is -2.12. The van der Waals surface area contributed by atoms with Crippen LogP contribution in [0.3, 0.4) is 0 Å². The molecule has 0 fully saturated rings. The van der Waals surface area contributed by atoms with Crippen molar-refractivity contribution in [3.63, 3.8) is 0 Å². The first kappa shape index (κ1) is 14.9. The maximum atomic E-state index is 11.2. The molecule has 0 spiro atoms. The minimum absolute atomic E-state index is 0.0735. The van der Waals surface area contributed by atoms with Gasteiger partial charge in [0.05, 0.1) is 4.92 Å². The average molecular weight is 287 g/mol. The van der Waals surface area contributed by atoms with Crippen molar-refractivity contribution in [3.05, 3.63) is 57.8 Å². The van der Waals surface area contributed by atoms with Crippen molar-refractivity contribution in [3.8, 4) is 11.6 Å². The summed E-state index contributed by atoms with van der Waals surface area (Å²) in [5, 5.41) is 11.2. The van der Waals surface area contributed by atoms with Crippen LogP contribution in [0.4, 0.5) is 5.69 Å². The van der Waals surface area contributed by atoms with E-state index in [1.54, 1.807) is 37.4 Å². The van der Waals surface area contributed by atoms with E-state index >= 15 is 0 Å². The fourth-order valence-corrected chi connectivity index (χ4v) is 1.95. The summed E-state index contributed by atoms with van der Waals surface area (Å²) in [6, 6.07) is 8.18. The smallest absolute Gasteiger partial charge is 0.311 e. The highest BCUT2D eigenvalue weighted by Gasteiger charge is 2.19. The van der Waals surface area contributed by atoms with Crippen LogP contribution in [-0.4, -0.2) is 9.91 Å². The van der Waals surface area contributed by atoms with Crippen molar-refractivity contribution in [2.24, 2.45) is 5.73 Å². The van der Waals surface area contributed by atoms with Gasteiger partial charge >= 0.3 is 5.69 Å². The van der Waals surface area contributed by atoms with Crippen LogP contribution < -0.4 is 10.5 Å². The van der Waals surface area contributed by atoms with Gasteiger partial charge in [0, 0.05) is 23.9 Å². The highest BCUT2D eigenvalue weighted by atomic mass is 16.6. The average Bonchev–Trinajstić information content (AvgIpc) is 2.47. The molecule has 0 bridgehead atoms. The predicted molar refractivity (Wildman–Crippen MR) is 79.4 cm³/mol. The number of hydrogen-bond donors (Lipinski definition) is 1. The van der Waals surface area contributed by atoms with Gasteiger partial charge in [0.1, 0.15) is 0 Å². The second kappa shape index (κ2) is 6.32. The van der Waals surface area contributed by atoms with Crippen LogP contribution >= 0.6 is 0 Å². The van der Waals surface area contributed by atoms with Gasteiger partial charge in [-0.3, -0.25) is 10.1 Å². The molecule has 1 heterocycles. The van der Waals surface area contributed by atoms with Gasteiger partial charge in [0.2, 0.25) is 11.6 Å². The molecule has 0 radical (unpaired) electrons. The van der Waals surface area contributed by atoms with Crippen molar-refractivity contribution in [2.45, 2.75) is 26.3 Å². The van der Waals surface area contributed by atoms with E-state index < -0.39 is 4.92 Å². The third-order valence-electron chi connectivity index (χ3n) is 3.13. The summed E-state index contributed by atoms with van der Waals surface area (Å²) >= 11 is 0. The molecule has 2 aromatic rings. The Morgan fingerprint density at radius 1 is 1.43 bits per heavy atom. The molecule has 0 aliphatic heterocycles. The SMILES string of the molecule is CCc1ccc(Oc2ncccc2[C@H](C)N)c([N+](=O)[O-])c1. The summed E-state index contributed by atoms with van der Waals surface area (Å²) < 4.78 is 5.63. The van der Waals surface area contributed by atoms with E-state index in [9.17, 15) is 10.1 Å². The molecule has 0 aliphatic rings. The van der Waals surface area contributed by atoms with E-state index in [1.807, 2.05) is 6.92 Å². The lowest BCUT2D eigenvalue weighted by molar-refractivity contribution is -0.385. The summed E-state index contributed by atoms with van der Waals surface area (Å²) in [4.78, 5) is 14.8. The highest BCUT2D eigenvalue weighted by Crippen LogP contribution is 2.33. The van der Waals surface area contributed by atoms with E-state index in [2.05, 4.69) is 4.98 Å². The van der Waals surface area contributed by atoms with E-state index in [-0.39, 0.29) is 17.5 Å². The van der Waals surface area contributed by atoms with Crippen LogP contribution in [0.2, 0.25) is 0 Å². The Labute approximate surface area is 122 Å². The fraction of sp³-hybridized carbons (Fsp3) is 0.267. The van der Waals surface area contributed by atoms with Gasteiger partial charge in [-0.1, -0.05) is 19.1 Å². The van der Waals surface area contributed by atoms with Gasteiger partial charge in [-0.2, -0.15) is 0 Å². The number of benzene rings is 1. The predicted octanol–water partition coefficient (Wildman–Crippen LogP) is 3.36. The summed E-state index contributed by atoms with van der Waals surface area (Å²) in [5.41, 5.74) is 7.36. The van der Waals surface area contributed by atoms with Crippen molar-refractivity contribution in [1.29, 1.82) is 0 Å². The minimum atomic E-state index is -0.455. The molecule has 2 N–H and O–H groups in total. The molecule has 0 saturated heterocycles. The number of ether oxygens (including phenoxy) is 1. The Hall–Kier alpha value is -2.47. The normalized spacial score (nSPS) is 12.0. The lowest BCUT2D eigenvalue weighted by Crippen LogP contribution is -2.08. The molecule has 6 nitrogen and oxygen atoms in total. The van der Waals surface area contributed by atoms with Crippen LogP contribution in [0.25, 0.3) is 0 Å². The minimum Gasteiger partial charge on any atom is -0.431 e. The number of nitrogens with two attached hydrogens (primary N) is 1. The molecule has 2 rings (SSSR count). The van der Waals surface area contributed by atoms with Gasteiger partial charge in [0.25, 0.3) is 0 Å². The monoisotopic (exact) mass is 287 g/mol. The van der Waals surface area contributed by atoms with Gasteiger partial charge in [-0.25, -0.2) is 4.98 Å². The van der Waals surface area contributed by atoms with Crippen molar-refractivity contribution < 1.29 is 9.66 Å². The summed E-state index contributed by atoms with van der Waals surface area (Å²) in [5.74, 6) is 0.456. The number of nitro groups is 1. The number of aromatic nitrogens is 1. The molecule has 110 valence electrons. The zero-order chi connectivity index (χ0) is 15.4. The third kappa shape index (κ3) is 3.35. The number of nitrogens with zero attached hydrogens (tertiary/aromatic N) is 2. The topological polar surface area (TPSA) is 91.3 Å². The summed E-state index contributed by atoms with van der Waals surface area (Å²) in [6.07, 6.45) is 2.28. The zero-order valence-electron chi connectivity index (χ0n) is 11.9. The second-order valence-electron chi connectivity index (χ2n) is 4.70. The molecule has 1 aromatic heterocycles. The first-order chi connectivity index (χ1) is 10.0. The van der Waals surface area contributed by atoms with Gasteiger partial charge in [-0.05, 0) is 31.0 Å². The number of nitro benzene ring substituents is 1. The molecule has 1 atom stereocenters. The standard InChI is InChI=1S/C15H17N3O3/c1-3-11-6-7-14(13(9-11)18(19)20)21-15-12(10(2)16)5-4-8-17-15/h4-10H,3,16H2,1-2H3/t10-/m0/s1. The molecule has 0 aliphatic carbocycles. The Bertz CT molecular complexity index is 656. The number of rotatable bonds is 5. The zero-order valence-corrected chi connectivity index (χ0v) is 11.9. The maximum Gasteiger partial charge on any atom is 0.311 e. The quantitative estimate of drug-likeness (QED) is 0.672. The van der Waals surface area contributed by atoms with Crippen LogP contribution in [0.15, 0.2) is 36.5 Å². The Kier molecular flexibility index (Phi) is 4.49. The number of hydrogen-bond acceptors (Lipinski definition) is 5. The van der Waals surface area contributed by atoms with Crippen molar-refractivity contribution >= 4 is 5.69 Å². The Balaban J connectivity index is 2.42. The Morgan fingerprint density at radius 2 is 2.19 bits per heavy atom. The van der Waals surface area contributed by atoms with Gasteiger partial charge in [0.15, 0.2) is 0 Å². The lowest BCUT2D eigenvalue weighted by atomic mass is 10.1. The van der Waals surface area contributed by atoms with E-state index in [4.69, 9.17) is 10.5 Å².